The van der Waals surface area contributed by atoms with Crippen molar-refractivity contribution in [3.8, 4) is 0 Å². The Bertz CT molecular complexity index is 651. The molecule has 1 fully saturated rings. The van der Waals surface area contributed by atoms with Crippen LogP contribution in [0.4, 0.5) is 4.39 Å². The summed E-state index contributed by atoms with van der Waals surface area (Å²) in [5.41, 5.74) is 0.156. The number of thioether (sulfide) groups is 1. The van der Waals surface area contributed by atoms with Crippen molar-refractivity contribution in [3.63, 3.8) is 0 Å². The molecule has 110 valence electrons. The van der Waals surface area contributed by atoms with Crippen LogP contribution in [0.15, 0.2) is 28.4 Å². The lowest BCUT2D eigenvalue weighted by Gasteiger charge is -1.98. The van der Waals surface area contributed by atoms with E-state index in [4.69, 9.17) is 16.7 Å². The van der Waals surface area contributed by atoms with Crippen LogP contribution in [0, 0.1) is 5.82 Å². The summed E-state index contributed by atoms with van der Waals surface area (Å²) in [6.07, 6.45) is 0.855. The van der Waals surface area contributed by atoms with Crippen LogP contribution in [0.1, 0.15) is 12.0 Å². The second kappa shape index (κ2) is 6.68. The van der Waals surface area contributed by atoms with Gasteiger partial charge >= 0.3 is 5.97 Å². The highest BCUT2D eigenvalue weighted by Gasteiger charge is 2.32. The van der Waals surface area contributed by atoms with Gasteiger partial charge in [-0.05, 0) is 18.2 Å². The van der Waals surface area contributed by atoms with Crippen LogP contribution in [-0.4, -0.2) is 33.6 Å². The van der Waals surface area contributed by atoms with Crippen molar-refractivity contribution in [2.24, 2.45) is 10.2 Å². The first kappa shape index (κ1) is 15.5. The second-order valence-electron chi connectivity index (χ2n) is 4.01. The summed E-state index contributed by atoms with van der Waals surface area (Å²) >= 11 is 6.69. The quantitative estimate of drug-likeness (QED) is 0.651. The summed E-state index contributed by atoms with van der Waals surface area (Å²) in [5.74, 6) is -2.02. The SMILES string of the molecule is O=C(O)CC1SC(=NN=Cc2cc(Cl)ccc2F)NC1=O. The maximum atomic E-state index is 13.4. The molecule has 1 saturated heterocycles. The van der Waals surface area contributed by atoms with Gasteiger partial charge in [0.25, 0.3) is 0 Å². The summed E-state index contributed by atoms with van der Waals surface area (Å²) in [6.45, 7) is 0. The van der Waals surface area contributed by atoms with Crippen molar-refractivity contribution < 1.29 is 19.1 Å². The standard InChI is InChI=1S/C12H9ClFN3O3S/c13-7-1-2-8(14)6(3-7)5-15-17-12-16-11(20)9(21-12)4-10(18)19/h1-3,5,9H,4H2,(H,18,19)(H,16,17,20). The van der Waals surface area contributed by atoms with E-state index in [1.54, 1.807) is 0 Å². The van der Waals surface area contributed by atoms with Crippen LogP contribution in [-0.2, 0) is 9.59 Å². The van der Waals surface area contributed by atoms with Crippen LogP contribution in [0.3, 0.4) is 0 Å². The first-order valence-electron chi connectivity index (χ1n) is 5.71. The molecule has 2 rings (SSSR count). The van der Waals surface area contributed by atoms with Crippen molar-refractivity contribution in [3.05, 3.63) is 34.6 Å². The zero-order chi connectivity index (χ0) is 15.4. The first-order chi connectivity index (χ1) is 9.95. The lowest BCUT2D eigenvalue weighted by atomic mass is 10.2. The van der Waals surface area contributed by atoms with Crippen LogP contribution >= 0.6 is 23.4 Å². The molecule has 0 aliphatic carbocycles. The van der Waals surface area contributed by atoms with E-state index in [-0.39, 0.29) is 17.2 Å². The minimum Gasteiger partial charge on any atom is -0.481 e. The highest BCUT2D eigenvalue weighted by atomic mass is 35.5. The summed E-state index contributed by atoms with van der Waals surface area (Å²) < 4.78 is 13.4. The van der Waals surface area contributed by atoms with Crippen LogP contribution in [0.25, 0.3) is 0 Å². The molecule has 6 nitrogen and oxygen atoms in total. The van der Waals surface area contributed by atoms with Gasteiger partial charge in [-0.1, -0.05) is 23.4 Å². The molecule has 0 aromatic heterocycles. The molecule has 1 unspecified atom stereocenters. The Morgan fingerprint density at radius 1 is 1.57 bits per heavy atom. The number of hydrogen-bond acceptors (Lipinski definition) is 5. The molecule has 1 aromatic carbocycles. The number of rotatable bonds is 4. The van der Waals surface area contributed by atoms with Crippen molar-refractivity contribution >= 4 is 46.6 Å². The van der Waals surface area contributed by atoms with Crippen LogP contribution in [0.5, 0.6) is 0 Å². The average Bonchev–Trinajstić information content (AvgIpc) is 2.73. The Balaban J connectivity index is 2.05. The molecule has 21 heavy (non-hydrogen) atoms. The van der Waals surface area contributed by atoms with Gasteiger partial charge in [-0.15, -0.1) is 5.10 Å². The zero-order valence-corrected chi connectivity index (χ0v) is 12.0. The number of hydrogen-bond donors (Lipinski definition) is 2. The fourth-order valence-electron chi connectivity index (χ4n) is 1.50. The first-order valence-corrected chi connectivity index (χ1v) is 6.97. The minimum absolute atomic E-state index is 0.156. The monoisotopic (exact) mass is 329 g/mol. The molecule has 0 saturated carbocycles. The van der Waals surface area contributed by atoms with Gasteiger partial charge in [0.05, 0.1) is 12.6 Å². The fourth-order valence-corrected chi connectivity index (χ4v) is 2.60. The number of carbonyl (C=O) groups excluding carboxylic acids is 1. The molecule has 0 radical (unpaired) electrons. The van der Waals surface area contributed by atoms with Crippen LogP contribution < -0.4 is 5.32 Å². The molecule has 1 aliphatic heterocycles. The Kier molecular flexibility index (Phi) is 4.92. The van der Waals surface area contributed by atoms with E-state index in [0.29, 0.717) is 5.02 Å². The lowest BCUT2D eigenvalue weighted by Crippen LogP contribution is -2.26. The number of nitrogens with zero attached hydrogens (tertiary/aromatic N) is 2. The molecule has 1 atom stereocenters. The van der Waals surface area contributed by atoms with Gasteiger partial charge in [-0.25, -0.2) is 4.39 Å². The number of carboxylic acids is 1. The van der Waals surface area contributed by atoms with Crippen LogP contribution in [0.2, 0.25) is 5.02 Å². The molecule has 1 aliphatic rings. The summed E-state index contributed by atoms with van der Waals surface area (Å²) in [7, 11) is 0. The summed E-state index contributed by atoms with van der Waals surface area (Å²) in [5, 5.41) is 18.2. The van der Waals surface area contributed by atoms with E-state index in [9.17, 15) is 14.0 Å². The van der Waals surface area contributed by atoms with Gasteiger partial charge in [0.2, 0.25) is 5.91 Å². The predicted octanol–water partition coefficient (Wildman–Crippen LogP) is 1.88. The molecule has 2 N–H and O–H groups in total. The van der Waals surface area contributed by atoms with Crippen molar-refractivity contribution in [1.29, 1.82) is 0 Å². The molecule has 0 spiro atoms. The third-order valence-electron chi connectivity index (χ3n) is 2.44. The number of aliphatic carboxylic acids is 1. The highest BCUT2D eigenvalue weighted by Crippen LogP contribution is 2.22. The predicted molar refractivity (Wildman–Crippen MR) is 78.2 cm³/mol. The minimum atomic E-state index is -1.08. The van der Waals surface area contributed by atoms with E-state index >= 15 is 0 Å². The molecule has 1 heterocycles. The third-order valence-corrected chi connectivity index (χ3v) is 3.75. The topological polar surface area (TPSA) is 91.1 Å². The molecular formula is C12H9ClFN3O3S. The van der Waals surface area contributed by atoms with Gasteiger partial charge in [-0.2, -0.15) is 5.10 Å². The van der Waals surface area contributed by atoms with E-state index in [2.05, 4.69) is 15.5 Å². The number of carbonyl (C=O) groups is 2. The summed E-state index contributed by atoms with van der Waals surface area (Å²) in [4.78, 5) is 22.0. The highest BCUT2D eigenvalue weighted by molar-refractivity contribution is 8.15. The normalized spacial score (nSPS) is 20.2. The number of amides is 1. The third kappa shape index (κ3) is 4.27. The van der Waals surface area contributed by atoms with Gasteiger partial charge < -0.3 is 10.4 Å². The molecule has 1 amide bonds. The lowest BCUT2D eigenvalue weighted by molar-refractivity contribution is -0.138. The molecule has 1 aromatic rings. The molecule has 0 bridgehead atoms. The van der Waals surface area contributed by atoms with Crippen molar-refractivity contribution in [2.75, 3.05) is 0 Å². The van der Waals surface area contributed by atoms with E-state index in [0.717, 1.165) is 18.0 Å². The smallest absolute Gasteiger partial charge is 0.305 e. The van der Waals surface area contributed by atoms with Gasteiger partial charge in [0.15, 0.2) is 5.17 Å². The Labute approximate surface area is 128 Å². The Hall–Kier alpha value is -1.93. The van der Waals surface area contributed by atoms with Crippen molar-refractivity contribution in [1.82, 2.24) is 5.32 Å². The second-order valence-corrected chi connectivity index (χ2v) is 5.64. The maximum Gasteiger partial charge on any atom is 0.305 e. The number of carboxylic acid groups (broad SMARTS) is 1. The average molecular weight is 330 g/mol. The number of halogens is 2. The van der Waals surface area contributed by atoms with Gasteiger partial charge in [0.1, 0.15) is 11.1 Å². The van der Waals surface area contributed by atoms with E-state index in [1.165, 1.54) is 18.2 Å². The zero-order valence-electron chi connectivity index (χ0n) is 10.4. The Morgan fingerprint density at radius 3 is 3.05 bits per heavy atom. The van der Waals surface area contributed by atoms with Gasteiger partial charge in [-0.3, -0.25) is 9.59 Å². The number of benzene rings is 1. The molecular weight excluding hydrogens is 321 g/mol. The summed E-state index contributed by atoms with van der Waals surface area (Å²) in [6, 6.07) is 3.99. The molecule has 9 heteroatoms. The Morgan fingerprint density at radius 2 is 2.33 bits per heavy atom. The fraction of sp³-hybridized carbons (Fsp3) is 0.167. The maximum absolute atomic E-state index is 13.4. The van der Waals surface area contributed by atoms with E-state index < -0.39 is 22.9 Å². The largest absolute Gasteiger partial charge is 0.481 e. The van der Waals surface area contributed by atoms with Crippen molar-refractivity contribution in [2.45, 2.75) is 11.7 Å². The number of amidine groups is 1. The van der Waals surface area contributed by atoms with Gasteiger partial charge in [0, 0.05) is 10.6 Å². The van der Waals surface area contributed by atoms with E-state index in [1.807, 2.05) is 0 Å². The number of nitrogens with one attached hydrogen (secondary N) is 1.